The Morgan fingerprint density at radius 2 is 1.64 bits per heavy atom. The van der Waals surface area contributed by atoms with E-state index in [2.05, 4.69) is 5.32 Å². The summed E-state index contributed by atoms with van der Waals surface area (Å²) in [6.07, 6.45) is 0.261. The minimum Gasteiger partial charge on any atom is -0.465 e. The summed E-state index contributed by atoms with van der Waals surface area (Å²) in [6.45, 7) is 3.39. The van der Waals surface area contributed by atoms with E-state index in [1.165, 1.54) is 6.92 Å². The minimum atomic E-state index is -0.935. The number of nitrogens with one attached hydrogen (secondary N) is 1. The Labute approximate surface area is 147 Å². The third kappa shape index (κ3) is 5.28. The van der Waals surface area contributed by atoms with E-state index in [1.54, 1.807) is 31.2 Å². The molecule has 5 nitrogen and oxygen atoms in total. The molecule has 130 valence electrons. The van der Waals surface area contributed by atoms with Crippen molar-refractivity contribution in [3.8, 4) is 0 Å². The molecule has 0 saturated heterocycles. The van der Waals surface area contributed by atoms with Gasteiger partial charge in [0.15, 0.2) is 5.78 Å². The van der Waals surface area contributed by atoms with Gasteiger partial charge in [0.05, 0.1) is 6.61 Å². The number of amides is 1. The molecular weight excluding hydrogens is 318 g/mol. The van der Waals surface area contributed by atoms with Crippen molar-refractivity contribution in [1.82, 2.24) is 0 Å². The first kappa shape index (κ1) is 18.4. The van der Waals surface area contributed by atoms with Crippen LogP contribution in [0.15, 0.2) is 54.6 Å². The molecule has 0 aliphatic heterocycles. The van der Waals surface area contributed by atoms with Crippen LogP contribution < -0.4 is 5.32 Å². The molecule has 1 atom stereocenters. The van der Waals surface area contributed by atoms with Gasteiger partial charge >= 0.3 is 5.97 Å². The van der Waals surface area contributed by atoms with Gasteiger partial charge in [0.25, 0.3) is 0 Å². The monoisotopic (exact) mass is 339 g/mol. The van der Waals surface area contributed by atoms with E-state index >= 15 is 0 Å². The maximum absolute atomic E-state index is 12.6. The quantitative estimate of drug-likeness (QED) is 0.477. The Hall–Kier alpha value is -2.95. The highest BCUT2D eigenvalue weighted by atomic mass is 16.5. The molecule has 0 spiro atoms. The predicted molar refractivity (Wildman–Crippen MR) is 95.3 cm³/mol. The molecule has 1 amide bonds. The standard InChI is InChI=1S/C20H21NO4/c1-3-25-20(24)18(13-15-7-5-4-6-8-15)19(23)21-17-11-9-16(10-12-17)14(2)22/h4-12,18H,3,13H2,1-2H3,(H,21,23)/t18-/m0/s1. The van der Waals surface area contributed by atoms with Crippen LogP contribution in [0.5, 0.6) is 0 Å². The second kappa shape index (κ2) is 8.78. The predicted octanol–water partition coefficient (Wildman–Crippen LogP) is 3.25. The molecule has 0 aromatic heterocycles. The molecule has 0 aliphatic carbocycles. The van der Waals surface area contributed by atoms with Gasteiger partial charge in [0.1, 0.15) is 5.92 Å². The molecule has 2 rings (SSSR count). The molecule has 1 N–H and O–H groups in total. The van der Waals surface area contributed by atoms with Gasteiger partial charge in [-0.05, 0) is 50.1 Å². The summed E-state index contributed by atoms with van der Waals surface area (Å²) in [7, 11) is 0. The van der Waals surface area contributed by atoms with Crippen molar-refractivity contribution in [3.63, 3.8) is 0 Å². The Morgan fingerprint density at radius 3 is 2.20 bits per heavy atom. The second-order valence-electron chi connectivity index (χ2n) is 5.62. The number of Topliss-reactive ketones (excluding diaryl/α,β-unsaturated/α-hetero) is 1. The van der Waals surface area contributed by atoms with Crippen LogP contribution in [0, 0.1) is 5.92 Å². The van der Waals surface area contributed by atoms with E-state index in [-0.39, 0.29) is 18.8 Å². The zero-order valence-electron chi connectivity index (χ0n) is 14.3. The summed E-state index contributed by atoms with van der Waals surface area (Å²) in [5, 5.41) is 2.72. The van der Waals surface area contributed by atoms with Crippen molar-refractivity contribution < 1.29 is 19.1 Å². The highest BCUT2D eigenvalue weighted by Crippen LogP contribution is 2.16. The van der Waals surface area contributed by atoms with Crippen LogP contribution in [0.4, 0.5) is 5.69 Å². The average Bonchev–Trinajstić information content (AvgIpc) is 2.61. The number of ketones is 1. The first-order valence-corrected chi connectivity index (χ1v) is 8.13. The summed E-state index contributed by atoms with van der Waals surface area (Å²) in [4.78, 5) is 36.1. The van der Waals surface area contributed by atoms with Crippen LogP contribution >= 0.6 is 0 Å². The number of anilines is 1. The maximum Gasteiger partial charge on any atom is 0.318 e. The third-order valence-corrected chi connectivity index (χ3v) is 3.73. The highest BCUT2D eigenvalue weighted by molar-refractivity contribution is 6.05. The molecular formula is C20H21NO4. The van der Waals surface area contributed by atoms with Crippen LogP contribution in [0.1, 0.15) is 29.8 Å². The maximum atomic E-state index is 12.6. The molecule has 0 heterocycles. The minimum absolute atomic E-state index is 0.0497. The van der Waals surface area contributed by atoms with Gasteiger partial charge in [-0.25, -0.2) is 0 Å². The number of hydrogen-bond acceptors (Lipinski definition) is 4. The van der Waals surface area contributed by atoms with E-state index < -0.39 is 17.8 Å². The van der Waals surface area contributed by atoms with E-state index in [9.17, 15) is 14.4 Å². The van der Waals surface area contributed by atoms with Crippen molar-refractivity contribution in [2.45, 2.75) is 20.3 Å². The first-order chi connectivity index (χ1) is 12.0. The van der Waals surface area contributed by atoms with E-state index in [1.807, 2.05) is 30.3 Å². The zero-order valence-corrected chi connectivity index (χ0v) is 14.3. The van der Waals surface area contributed by atoms with Gasteiger partial charge in [-0.2, -0.15) is 0 Å². The normalized spacial score (nSPS) is 11.4. The number of ether oxygens (including phenoxy) is 1. The number of esters is 1. The molecule has 0 saturated carbocycles. The van der Waals surface area contributed by atoms with Crippen LogP contribution in [0.3, 0.4) is 0 Å². The SMILES string of the molecule is CCOC(=O)[C@@H](Cc1ccccc1)C(=O)Nc1ccc(C(C)=O)cc1. The summed E-state index contributed by atoms with van der Waals surface area (Å²) < 4.78 is 5.04. The van der Waals surface area contributed by atoms with Gasteiger partial charge < -0.3 is 10.1 Å². The number of carbonyl (C=O) groups is 3. The van der Waals surface area contributed by atoms with Crippen molar-refractivity contribution in [3.05, 3.63) is 65.7 Å². The van der Waals surface area contributed by atoms with Crippen molar-refractivity contribution in [2.75, 3.05) is 11.9 Å². The lowest BCUT2D eigenvalue weighted by Gasteiger charge is -2.16. The Kier molecular flexibility index (Phi) is 6.46. The molecule has 0 aliphatic rings. The summed E-state index contributed by atoms with van der Waals surface area (Å²) in [5.41, 5.74) is 1.96. The molecule has 2 aromatic rings. The Balaban J connectivity index is 2.13. The first-order valence-electron chi connectivity index (χ1n) is 8.13. The average molecular weight is 339 g/mol. The van der Waals surface area contributed by atoms with Gasteiger partial charge in [-0.3, -0.25) is 14.4 Å². The fourth-order valence-electron chi connectivity index (χ4n) is 2.39. The lowest BCUT2D eigenvalue weighted by Crippen LogP contribution is -2.33. The number of benzene rings is 2. The lowest BCUT2D eigenvalue weighted by atomic mass is 9.98. The van der Waals surface area contributed by atoms with Crippen LogP contribution in [-0.4, -0.2) is 24.3 Å². The highest BCUT2D eigenvalue weighted by Gasteiger charge is 2.28. The fourth-order valence-corrected chi connectivity index (χ4v) is 2.39. The van der Waals surface area contributed by atoms with Crippen LogP contribution in [-0.2, 0) is 20.7 Å². The molecule has 0 radical (unpaired) electrons. The Bertz CT molecular complexity index is 738. The summed E-state index contributed by atoms with van der Waals surface area (Å²) in [5.74, 6) is -1.97. The molecule has 2 aromatic carbocycles. The lowest BCUT2D eigenvalue weighted by molar-refractivity contribution is -0.150. The van der Waals surface area contributed by atoms with E-state index in [0.29, 0.717) is 11.3 Å². The molecule has 25 heavy (non-hydrogen) atoms. The third-order valence-electron chi connectivity index (χ3n) is 3.73. The topological polar surface area (TPSA) is 72.5 Å². The van der Waals surface area contributed by atoms with Gasteiger partial charge in [0, 0.05) is 11.3 Å². The van der Waals surface area contributed by atoms with Gasteiger partial charge in [0.2, 0.25) is 5.91 Å². The van der Waals surface area contributed by atoms with Gasteiger partial charge in [-0.15, -0.1) is 0 Å². The smallest absolute Gasteiger partial charge is 0.318 e. The molecule has 0 unspecified atom stereocenters. The van der Waals surface area contributed by atoms with Crippen LogP contribution in [0.2, 0.25) is 0 Å². The van der Waals surface area contributed by atoms with E-state index in [0.717, 1.165) is 5.56 Å². The van der Waals surface area contributed by atoms with Gasteiger partial charge in [-0.1, -0.05) is 30.3 Å². The Morgan fingerprint density at radius 1 is 1.00 bits per heavy atom. The van der Waals surface area contributed by atoms with Crippen molar-refractivity contribution in [2.24, 2.45) is 5.92 Å². The molecule has 0 fully saturated rings. The fraction of sp³-hybridized carbons (Fsp3) is 0.250. The number of carbonyl (C=O) groups excluding carboxylic acids is 3. The van der Waals surface area contributed by atoms with Crippen molar-refractivity contribution >= 4 is 23.3 Å². The van der Waals surface area contributed by atoms with Crippen LogP contribution in [0.25, 0.3) is 0 Å². The second-order valence-corrected chi connectivity index (χ2v) is 5.62. The summed E-state index contributed by atoms with van der Waals surface area (Å²) in [6, 6.07) is 15.9. The summed E-state index contributed by atoms with van der Waals surface area (Å²) >= 11 is 0. The number of hydrogen-bond donors (Lipinski definition) is 1. The molecule has 5 heteroatoms. The number of rotatable bonds is 7. The van der Waals surface area contributed by atoms with E-state index in [4.69, 9.17) is 4.74 Å². The zero-order chi connectivity index (χ0) is 18.2. The largest absolute Gasteiger partial charge is 0.465 e. The molecule has 0 bridgehead atoms. The van der Waals surface area contributed by atoms with Crippen molar-refractivity contribution in [1.29, 1.82) is 0 Å².